The number of aromatic nitrogens is 1. The van der Waals surface area contributed by atoms with E-state index in [4.69, 9.17) is 16.3 Å². The number of carbonyl (C=O) groups excluding carboxylic acids is 1. The molecule has 0 saturated carbocycles. The maximum absolute atomic E-state index is 12.1. The van der Waals surface area contributed by atoms with Crippen molar-refractivity contribution in [1.82, 2.24) is 10.4 Å². The Morgan fingerprint density at radius 1 is 1.30 bits per heavy atom. The molecule has 0 atom stereocenters. The molecule has 0 bridgehead atoms. The Morgan fingerprint density at radius 2 is 2.13 bits per heavy atom. The van der Waals surface area contributed by atoms with Crippen molar-refractivity contribution in [2.24, 2.45) is 5.10 Å². The van der Waals surface area contributed by atoms with E-state index < -0.39 is 0 Å². The van der Waals surface area contributed by atoms with Crippen LogP contribution in [0.4, 0.5) is 0 Å². The summed E-state index contributed by atoms with van der Waals surface area (Å²) in [7, 11) is 0. The zero-order valence-corrected chi connectivity index (χ0v) is 18.9. The molecule has 1 amide bonds. The van der Waals surface area contributed by atoms with Crippen LogP contribution in [0, 0.1) is 0 Å². The average Bonchev–Trinajstić information content (AvgIpc) is 3.22. The van der Waals surface area contributed by atoms with Crippen LogP contribution in [0.1, 0.15) is 25.3 Å². The minimum atomic E-state index is -0.185. The van der Waals surface area contributed by atoms with Gasteiger partial charge in [-0.2, -0.15) is 5.10 Å². The Hall–Kier alpha value is -2.35. The molecule has 1 N–H and O–H groups in total. The second-order valence-corrected chi connectivity index (χ2v) is 8.88. The molecule has 0 aliphatic rings. The first-order chi connectivity index (χ1) is 14.6. The summed E-state index contributed by atoms with van der Waals surface area (Å²) in [5.41, 5.74) is 5.29. The first-order valence-electron chi connectivity index (χ1n) is 9.53. The number of halogens is 1. The summed E-state index contributed by atoms with van der Waals surface area (Å²) in [6, 6.07) is 15.1. The van der Waals surface area contributed by atoms with Crippen molar-refractivity contribution in [3.05, 3.63) is 64.5 Å². The lowest BCUT2D eigenvalue weighted by Gasteiger charge is -2.05. The van der Waals surface area contributed by atoms with Crippen LogP contribution in [0.3, 0.4) is 0 Å². The minimum absolute atomic E-state index is 0.185. The number of thioether (sulfide) groups is 1. The number of benzene rings is 2. The fraction of sp³-hybridized carbons (Fsp3) is 0.227. The zero-order chi connectivity index (χ0) is 21.2. The molecule has 156 valence electrons. The molecule has 5 nitrogen and oxygen atoms in total. The Kier molecular flexibility index (Phi) is 8.74. The number of amides is 1. The molecule has 3 rings (SSSR count). The molecule has 1 heterocycles. The SMILES string of the molecule is CCCCOc1cccc(/C=N/NC(=O)CSc2nc(-c3ccc(Cl)cc3)cs2)c1. The minimum Gasteiger partial charge on any atom is -0.494 e. The van der Waals surface area contributed by atoms with Gasteiger partial charge in [0.05, 0.1) is 24.3 Å². The van der Waals surface area contributed by atoms with E-state index in [2.05, 4.69) is 22.4 Å². The number of nitrogens with one attached hydrogen (secondary N) is 1. The van der Waals surface area contributed by atoms with Gasteiger partial charge in [-0.3, -0.25) is 4.79 Å². The molecule has 2 aromatic carbocycles. The first-order valence-corrected chi connectivity index (χ1v) is 11.8. The van der Waals surface area contributed by atoms with Crippen LogP contribution in [-0.2, 0) is 4.79 Å². The first kappa shape index (κ1) is 22.3. The van der Waals surface area contributed by atoms with Gasteiger partial charge in [-0.05, 0) is 36.2 Å². The Bertz CT molecular complexity index is 990. The van der Waals surface area contributed by atoms with E-state index in [-0.39, 0.29) is 11.7 Å². The number of hydrazone groups is 1. The van der Waals surface area contributed by atoms with Gasteiger partial charge in [0.15, 0.2) is 4.34 Å². The van der Waals surface area contributed by atoms with Gasteiger partial charge in [-0.15, -0.1) is 11.3 Å². The molecule has 8 heteroatoms. The number of thiazole rings is 1. The van der Waals surface area contributed by atoms with Gasteiger partial charge >= 0.3 is 0 Å². The molecule has 0 aliphatic carbocycles. The lowest BCUT2D eigenvalue weighted by Crippen LogP contribution is -2.19. The van der Waals surface area contributed by atoms with Crippen molar-refractivity contribution in [1.29, 1.82) is 0 Å². The molecule has 0 unspecified atom stereocenters. The summed E-state index contributed by atoms with van der Waals surface area (Å²) in [6.07, 6.45) is 3.72. The maximum Gasteiger partial charge on any atom is 0.250 e. The van der Waals surface area contributed by atoms with Crippen LogP contribution in [0.5, 0.6) is 5.75 Å². The Labute approximate surface area is 189 Å². The highest BCUT2D eigenvalue weighted by Gasteiger charge is 2.08. The topological polar surface area (TPSA) is 63.6 Å². The number of carbonyl (C=O) groups is 1. The van der Waals surface area contributed by atoms with Gasteiger partial charge in [0.1, 0.15) is 5.75 Å². The number of rotatable bonds is 10. The van der Waals surface area contributed by atoms with E-state index in [1.54, 1.807) is 6.21 Å². The summed E-state index contributed by atoms with van der Waals surface area (Å²) >= 11 is 8.81. The highest BCUT2D eigenvalue weighted by Crippen LogP contribution is 2.28. The van der Waals surface area contributed by atoms with Gasteiger partial charge in [-0.1, -0.05) is 61.0 Å². The normalized spacial score (nSPS) is 11.0. The summed E-state index contributed by atoms with van der Waals surface area (Å²) in [4.78, 5) is 16.6. The van der Waals surface area contributed by atoms with Crippen molar-refractivity contribution < 1.29 is 9.53 Å². The summed E-state index contributed by atoms with van der Waals surface area (Å²) in [5.74, 6) is 0.856. The molecule has 3 aromatic rings. The molecular formula is C22H22ClN3O2S2. The molecule has 30 heavy (non-hydrogen) atoms. The zero-order valence-electron chi connectivity index (χ0n) is 16.5. The maximum atomic E-state index is 12.1. The van der Waals surface area contributed by atoms with Crippen LogP contribution in [0.25, 0.3) is 11.3 Å². The Morgan fingerprint density at radius 3 is 2.93 bits per heavy atom. The third kappa shape index (κ3) is 7.16. The van der Waals surface area contributed by atoms with Crippen LogP contribution in [0.2, 0.25) is 5.02 Å². The number of ether oxygens (including phenoxy) is 1. The third-order valence-corrected chi connectivity index (χ3v) is 6.25. The molecule has 0 saturated heterocycles. The van der Waals surface area contributed by atoms with Crippen molar-refractivity contribution in [3.63, 3.8) is 0 Å². The van der Waals surface area contributed by atoms with Gasteiger partial charge in [0.2, 0.25) is 0 Å². The second-order valence-electron chi connectivity index (χ2n) is 6.36. The van der Waals surface area contributed by atoms with Crippen molar-refractivity contribution in [3.8, 4) is 17.0 Å². The highest BCUT2D eigenvalue weighted by atomic mass is 35.5. The Balaban J connectivity index is 1.45. The van der Waals surface area contributed by atoms with Crippen LogP contribution >= 0.6 is 34.7 Å². The molecular weight excluding hydrogens is 438 g/mol. The van der Waals surface area contributed by atoms with Crippen LogP contribution in [0.15, 0.2) is 63.4 Å². The smallest absolute Gasteiger partial charge is 0.250 e. The average molecular weight is 460 g/mol. The summed E-state index contributed by atoms with van der Waals surface area (Å²) in [6.45, 7) is 2.82. The van der Waals surface area contributed by atoms with E-state index in [0.29, 0.717) is 11.6 Å². The summed E-state index contributed by atoms with van der Waals surface area (Å²) < 4.78 is 6.51. The van der Waals surface area contributed by atoms with Crippen molar-refractivity contribution in [2.45, 2.75) is 24.1 Å². The van der Waals surface area contributed by atoms with Gasteiger partial charge < -0.3 is 4.74 Å². The molecule has 0 aliphatic heterocycles. The van der Waals surface area contributed by atoms with Gasteiger partial charge in [0.25, 0.3) is 5.91 Å². The fourth-order valence-electron chi connectivity index (χ4n) is 2.43. The van der Waals surface area contributed by atoms with E-state index in [0.717, 1.165) is 39.8 Å². The quantitative estimate of drug-likeness (QED) is 0.178. The highest BCUT2D eigenvalue weighted by molar-refractivity contribution is 8.01. The second kappa shape index (κ2) is 11.7. The lowest BCUT2D eigenvalue weighted by atomic mass is 10.2. The monoisotopic (exact) mass is 459 g/mol. The van der Waals surface area contributed by atoms with E-state index in [1.165, 1.54) is 23.1 Å². The van der Waals surface area contributed by atoms with Crippen molar-refractivity contribution in [2.75, 3.05) is 12.4 Å². The number of hydrogen-bond donors (Lipinski definition) is 1. The van der Waals surface area contributed by atoms with E-state index in [1.807, 2.05) is 53.9 Å². The summed E-state index contributed by atoms with van der Waals surface area (Å²) in [5, 5.41) is 6.69. The molecule has 0 spiro atoms. The largest absolute Gasteiger partial charge is 0.494 e. The fourth-order valence-corrected chi connectivity index (χ4v) is 4.19. The number of nitrogens with zero attached hydrogens (tertiary/aromatic N) is 2. The molecule has 1 aromatic heterocycles. The van der Waals surface area contributed by atoms with Crippen LogP contribution < -0.4 is 10.2 Å². The van der Waals surface area contributed by atoms with Gasteiger partial charge in [0, 0.05) is 16.0 Å². The third-order valence-electron chi connectivity index (χ3n) is 3.98. The predicted molar refractivity (Wildman–Crippen MR) is 126 cm³/mol. The number of hydrogen-bond acceptors (Lipinski definition) is 6. The predicted octanol–water partition coefficient (Wildman–Crippen LogP) is 5.88. The molecule has 0 radical (unpaired) electrons. The van der Waals surface area contributed by atoms with Crippen molar-refractivity contribution >= 4 is 46.8 Å². The lowest BCUT2D eigenvalue weighted by molar-refractivity contribution is -0.118. The van der Waals surface area contributed by atoms with E-state index >= 15 is 0 Å². The number of unbranched alkanes of at least 4 members (excludes halogenated alkanes) is 1. The molecule has 0 fully saturated rings. The van der Waals surface area contributed by atoms with Crippen LogP contribution in [-0.4, -0.2) is 29.5 Å². The standard InChI is InChI=1S/C22H22ClN3O2S2/c1-2-3-11-28-19-6-4-5-16(12-19)13-24-26-21(27)15-30-22-25-20(14-29-22)17-7-9-18(23)10-8-17/h4-10,12-14H,2-3,11,15H2,1H3,(H,26,27)/b24-13+. The van der Waals surface area contributed by atoms with Gasteiger partial charge in [-0.25, -0.2) is 10.4 Å². The van der Waals surface area contributed by atoms with E-state index in [9.17, 15) is 4.79 Å².